The van der Waals surface area contributed by atoms with Crippen LogP contribution in [0.25, 0.3) is 21.9 Å². The van der Waals surface area contributed by atoms with Crippen LogP contribution in [0.1, 0.15) is 24.8 Å². The number of rotatable bonds is 4. The molecule has 2 amide bonds. The Morgan fingerprint density at radius 3 is 2.68 bits per heavy atom. The molecule has 1 aromatic carbocycles. The third-order valence-electron chi connectivity index (χ3n) is 7.34. The minimum absolute atomic E-state index is 0.0161. The first-order chi connectivity index (χ1) is 18.0. The Bertz CT molecular complexity index is 1620. The lowest BCUT2D eigenvalue weighted by Crippen LogP contribution is -2.44. The first-order valence-corrected chi connectivity index (χ1v) is 12.7. The molecule has 0 radical (unpaired) electrons. The van der Waals surface area contributed by atoms with Gasteiger partial charge in [0.15, 0.2) is 0 Å². The minimum Gasteiger partial charge on any atom is -0.383 e. The molecule has 3 N–H and O–H groups in total. The number of benzene rings is 1. The van der Waals surface area contributed by atoms with Gasteiger partial charge in [-0.2, -0.15) is 13.2 Å². The first kappa shape index (κ1) is 24.6. The molecule has 1 spiro atoms. The summed E-state index contributed by atoms with van der Waals surface area (Å²) in [5, 5.41) is 3.25. The van der Waals surface area contributed by atoms with Crippen molar-refractivity contribution in [2.45, 2.75) is 38.0 Å². The van der Waals surface area contributed by atoms with Crippen molar-refractivity contribution in [2.75, 3.05) is 17.6 Å². The highest BCUT2D eigenvalue weighted by Crippen LogP contribution is 2.55. The lowest BCUT2D eigenvalue weighted by Gasteiger charge is -2.24. The van der Waals surface area contributed by atoms with E-state index in [0.29, 0.717) is 28.9 Å². The zero-order valence-electron chi connectivity index (χ0n) is 19.8. The van der Waals surface area contributed by atoms with Gasteiger partial charge in [-0.3, -0.25) is 9.59 Å². The maximum absolute atomic E-state index is 13.7. The van der Waals surface area contributed by atoms with Gasteiger partial charge >= 0.3 is 6.18 Å². The predicted molar refractivity (Wildman–Crippen MR) is 137 cm³/mol. The molecule has 2 aliphatic rings. The molecular formula is C25H21BrF3N7O2. The smallest absolute Gasteiger partial charge is 0.383 e. The van der Waals surface area contributed by atoms with Crippen LogP contribution in [0.2, 0.25) is 0 Å². The van der Waals surface area contributed by atoms with Gasteiger partial charge in [-0.25, -0.2) is 15.0 Å². The van der Waals surface area contributed by atoms with Gasteiger partial charge in [0.05, 0.1) is 16.5 Å². The standard InChI is InChI=1S/C25H21BrF3N7O2/c26-17-2-1-3-18(33-17)34-23(38)16-9-24(6-7-24)11-36(16)19(37)10-35-15-5-4-13(25(27,28)29)8-14(15)20-21(30)31-12-32-22(20)35/h1-5,8,12,16H,6-7,9-11H2,(H2,30,31,32)(H,33,34,38)/t16-/m0/s1. The van der Waals surface area contributed by atoms with E-state index < -0.39 is 17.8 Å². The van der Waals surface area contributed by atoms with Crippen LogP contribution < -0.4 is 11.1 Å². The van der Waals surface area contributed by atoms with Gasteiger partial charge < -0.3 is 20.5 Å². The van der Waals surface area contributed by atoms with Crippen LogP contribution in [0.15, 0.2) is 47.3 Å². The van der Waals surface area contributed by atoms with E-state index in [4.69, 9.17) is 5.73 Å². The zero-order valence-corrected chi connectivity index (χ0v) is 21.4. The molecule has 196 valence electrons. The zero-order chi connectivity index (χ0) is 26.8. The number of nitrogens with two attached hydrogens (primary N) is 1. The van der Waals surface area contributed by atoms with Crippen molar-refractivity contribution in [3.8, 4) is 0 Å². The van der Waals surface area contributed by atoms with Gasteiger partial charge in [0.1, 0.15) is 40.8 Å². The summed E-state index contributed by atoms with van der Waals surface area (Å²) in [6.45, 7) is 0.207. The number of hydrogen-bond acceptors (Lipinski definition) is 6. The number of carbonyl (C=O) groups is 2. The predicted octanol–water partition coefficient (Wildman–Crippen LogP) is 4.36. The number of hydrogen-bond donors (Lipinski definition) is 2. The molecule has 4 heterocycles. The molecule has 0 bridgehead atoms. The Kier molecular flexibility index (Phi) is 5.60. The summed E-state index contributed by atoms with van der Waals surface area (Å²) in [4.78, 5) is 40.9. The molecule has 9 nitrogen and oxygen atoms in total. The van der Waals surface area contributed by atoms with Crippen LogP contribution in [-0.2, 0) is 22.3 Å². The highest BCUT2D eigenvalue weighted by molar-refractivity contribution is 9.10. The number of fused-ring (bicyclic) bond motifs is 3. The summed E-state index contributed by atoms with van der Waals surface area (Å²) in [5.41, 5.74) is 5.73. The number of anilines is 2. The van der Waals surface area contributed by atoms with E-state index >= 15 is 0 Å². The van der Waals surface area contributed by atoms with E-state index in [1.54, 1.807) is 23.1 Å². The number of nitrogens with one attached hydrogen (secondary N) is 1. The Labute approximate surface area is 222 Å². The highest BCUT2D eigenvalue weighted by atomic mass is 79.9. The maximum Gasteiger partial charge on any atom is 0.416 e. The SMILES string of the molecule is Nc1ncnc2c1c1cc(C(F)(F)F)ccc1n2CC(=O)N1CC2(CC2)C[C@H]1C(=O)Nc1cccc(Br)n1. The largest absolute Gasteiger partial charge is 0.416 e. The Morgan fingerprint density at radius 1 is 1.18 bits per heavy atom. The van der Waals surface area contributed by atoms with Crippen LogP contribution in [0, 0.1) is 5.41 Å². The number of pyridine rings is 1. The van der Waals surface area contributed by atoms with Gasteiger partial charge in [0.25, 0.3) is 0 Å². The average Bonchev–Trinajstić information content (AvgIpc) is 3.39. The second kappa shape index (κ2) is 8.65. The summed E-state index contributed by atoms with van der Waals surface area (Å²) >= 11 is 3.28. The summed E-state index contributed by atoms with van der Waals surface area (Å²) in [7, 11) is 0. The van der Waals surface area contributed by atoms with Crippen molar-refractivity contribution in [1.82, 2.24) is 24.4 Å². The molecule has 1 saturated heterocycles. The molecule has 1 aliphatic carbocycles. The number of halogens is 4. The van der Waals surface area contributed by atoms with Gasteiger partial charge in [-0.15, -0.1) is 0 Å². The molecule has 38 heavy (non-hydrogen) atoms. The monoisotopic (exact) mass is 587 g/mol. The maximum atomic E-state index is 13.7. The van der Waals surface area contributed by atoms with Crippen LogP contribution >= 0.6 is 15.9 Å². The normalized spacial score (nSPS) is 18.4. The van der Waals surface area contributed by atoms with Crippen molar-refractivity contribution in [1.29, 1.82) is 0 Å². The van der Waals surface area contributed by atoms with Crippen molar-refractivity contribution >= 4 is 61.3 Å². The number of amides is 2. The summed E-state index contributed by atoms with van der Waals surface area (Å²) < 4.78 is 42.4. The number of likely N-dealkylation sites (tertiary alicyclic amines) is 1. The second-order valence-corrected chi connectivity index (χ2v) is 10.7. The second-order valence-electron chi connectivity index (χ2n) is 9.85. The molecule has 2 fully saturated rings. The summed E-state index contributed by atoms with van der Waals surface area (Å²) in [6, 6.07) is 7.70. The summed E-state index contributed by atoms with van der Waals surface area (Å²) in [6.07, 6.45) is -0.959. The van der Waals surface area contributed by atoms with Gasteiger partial charge in [0.2, 0.25) is 11.8 Å². The topological polar surface area (TPSA) is 119 Å². The fourth-order valence-electron chi connectivity index (χ4n) is 5.28. The summed E-state index contributed by atoms with van der Waals surface area (Å²) in [5.74, 6) is -0.297. The third kappa shape index (κ3) is 4.24. The average molecular weight is 588 g/mol. The fourth-order valence-corrected chi connectivity index (χ4v) is 5.62. The number of nitrogen functional groups attached to an aromatic ring is 1. The van der Waals surface area contributed by atoms with Gasteiger partial charge in [0, 0.05) is 11.9 Å². The molecule has 1 aliphatic heterocycles. The number of nitrogens with zero attached hydrogens (tertiary/aromatic N) is 5. The number of carbonyl (C=O) groups excluding carboxylic acids is 2. The van der Waals surface area contributed by atoms with E-state index in [1.807, 2.05) is 0 Å². The lowest BCUT2D eigenvalue weighted by atomic mass is 10.0. The van der Waals surface area contributed by atoms with Crippen LogP contribution in [0.5, 0.6) is 0 Å². The van der Waals surface area contributed by atoms with Gasteiger partial charge in [-0.1, -0.05) is 6.07 Å². The Hall–Kier alpha value is -3.74. The van der Waals surface area contributed by atoms with Crippen LogP contribution in [0.4, 0.5) is 24.8 Å². The van der Waals surface area contributed by atoms with E-state index in [0.717, 1.165) is 25.0 Å². The van der Waals surface area contributed by atoms with Crippen molar-refractivity contribution < 1.29 is 22.8 Å². The van der Waals surface area contributed by atoms with Crippen LogP contribution in [-0.4, -0.2) is 48.8 Å². The van der Waals surface area contributed by atoms with Gasteiger partial charge in [-0.05, 0) is 70.9 Å². The lowest BCUT2D eigenvalue weighted by molar-refractivity contribution is -0.137. The molecular weight excluding hydrogens is 567 g/mol. The molecule has 6 rings (SSSR count). The fraction of sp³-hybridized carbons (Fsp3) is 0.320. The van der Waals surface area contributed by atoms with E-state index in [2.05, 4.69) is 36.2 Å². The molecule has 1 saturated carbocycles. The van der Waals surface area contributed by atoms with E-state index in [-0.39, 0.29) is 46.0 Å². The minimum atomic E-state index is -4.55. The number of aromatic nitrogens is 4. The van der Waals surface area contributed by atoms with E-state index in [1.165, 1.54) is 17.0 Å². The van der Waals surface area contributed by atoms with Crippen molar-refractivity contribution in [3.63, 3.8) is 0 Å². The Balaban J connectivity index is 1.35. The third-order valence-corrected chi connectivity index (χ3v) is 7.79. The van der Waals surface area contributed by atoms with Crippen molar-refractivity contribution in [3.05, 3.63) is 52.9 Å². The first-order valence-electron chi connectivity index (χ1n) is 11.9. The van der Waals surface area contributed by atoms with Crippen molar-refractivity contribution in [2.24, 2.45) is 5.41 Å². The molecule has 0 unspecified atom stereocenters. The molecule has 1 atom stereocenters. The number of alkyl halides is 3. The highest BCUT2D eigenvalue weighted by Gasteiger charge is 2.55. The molecule has 3 aromatic heterocycles. The molecule has 13 heteroatoms. The van der Waals surface area contributed by atoms with E-state index in [9.17, 15) is 22.8 Å². The van der Waals surface area contributed by atoms with Crippen LogP contribution in [0.3, 0.4) is 0 Å². The Morgan fingerprint density at radius 2 is 1.97 bits per heavy atom. The quantitative estimate of drug-likeness (QED) is 0.342. The molecule has 4 aromatic rings.